The smallest absolute Gasteiger partial charge is 0.403 e. The first-order chi connectivity index (χ1) is 16.6. The van der Waals surface area contributed by atoms with Gasteiger partial charge in [-0.15, -0.1) is 11.6 Å². The SMILES string of the molecule is CC(C)=CCC/C(C)=C/CC/C(C)=C/COP(=O)(OCc1ccc([N+](=O)[O-])o1)N(C)CCCCCl. The molecule has 0 radical (unpaired) electrons. The molecule has 0 N–H and O–H groups in total. The van der Waals surface area contributed by atoms with Gasteiger partial charge < -0.3 is 4.42 Å². The minimum atomic E-state index is -3.65. The molecule has 0 aromatic carbocycles. The van der Waals surface area contributed by atoms with Crippen LogP contribution in [0.4, 0.5) is 5.88 Å². The van der Waals surface area contributed by atoms with E-state index in [-0.39, 0.29) is 19.0 Å². The number of hydrogen-bond donors (Lipinski definition) is 0. The molecule has 0 saturated carbocycles. The Morgan fingerprint density at radius 1 is 1.09 bits per heavy atom. The van der Waals surface area contributed by atoms with Gasteiger partial charge in [0, 0.05) is 12.4 Å². The minimum Gasteiger partial charge on any atom is -0.403 e. The van der Waals surface area contributed by atoms with Crippen LogP contribution in [0.15, 0.2) is 51.5 Å². The summed E-state index contributed by atoms with van der Waals surface area (Å²) in [7, 11) is -1.99. The highest BCUT2D eigenvalue weighted by atomic mass is 35.5. The van der Waals surface area contributed by atoms with Crippen molar-refractivity contribution in [2.75, 3.05) is 26.1 Å². The first kappa shape index (κ1) is 31.3. The molecule has 0 fully saturated rings. The van der Waals surface area contributed by atoms with Crippen LogP contribution in [0.3, 0.4) is 0 Å². The quantitative estimate of drug-likeness (QED) is 0.0471. The predicted molar refractivity (Wildman–Crippen MR) is 142 cm³/mol. The van der Waals surface area contributed by atoms with E-state index in [0.29, 0.717) is 12.4 Å². The summed E-state index contributed by atoms with van der Waals surface area (Å²) >= 11 is 5.75. The number of alkyl halides is 1. The number of rotatable bonds is 18. The molecular formula is C25H40ClN2O6P. The summed E-state index contributed by atoms with van der Waals surface area (Å²) in [6.45, 7) is 8.80. The van der Waals surface area contributed by atoms with Crippen LogP contribution in [-0.4, -0.2) is 35.7 Å². The van der Waals surface area contributed by atoms with Gasteiger partial charge in [-0.05, 0) is 79.3 Å². The number of nitro groups is 1. The molecule has 0 amide bonds. The number of nitrogens with zero attached hydrogens (tertiary/aromatic N) is 2. The molecule has 1 heterocycles. The maximum absolute atomic E-state index is 13.5. The molecule has 1 unspecified atom stereocenters. The standard InChI is InChI=1S/C25H40ClN2O6P/c1-21(2)10-8-11-22(3)12-9-13-23(4)16-19-32-35(31,27(5)18-7-6-17-26)33-20-24-14-15-25(34-24)28(29)30/h10,12,14-16H,6-9,11,13,17-20H2,1-5H3/b22-12+,23-16+. The Morgan fingerprint density at radius 3 is 2.34 bits per heavy atom. The molecule has 1 atom stereocenters. The van der Waals surface area contributed by atoms with Crippen molar-refractivity contribution in [3.63, 3.8) is 0 Å². The molecule has 10 heteroatoms. The van der Waals surface area contributed by atoms with Crippen molar-refractivity contribution in [2.45, 2.75) is 72.8 Å². The van der Waals surface area contributed by atoms with Crippen LogP contribution in [0.2, 0.25) is 0 Å². The van der Waals surface area contributed by atoms with Crippen molar-refractivity contribution in [3.8, 4) is 0 Å². The van der Waals surface area contributed by atoms with Crippen molar-refractivity contribution < 1.29 is 23.0 Å². The average molecular weight is 531 g/mol. The lowest BCUT2D eigenvalue weighted by atomic mass is 10.1. The van der Waals surface area contributed by atoms with Crippen LogP contribution >= 0.6 is 19.3 Å². The third-order valence-corrected chi connectivity index (χ3v) is 7.51. The van der Waals surface area contributed by atoms with E-state index in [2.05, 4.69) is 32.9 Å². The molecule has 198 valence electrons. The maximum atomic E-state index is 13.5. The van der Waals surface area contributed by atoms with Gasteiger partial charge in [-0.25, -0.2) is 9.24 Å². The van der Waals surface area contributed by atoms with Crippen LogP contribution in [0, 0.1) is 10.1 Å². The molecule has 0 saturated heterocycles. The fourth-order valence-corrected chi connectivity index (χ4v) is 4.69. The molecule has 0 spiro atoms. The number of furan rings is 1. The maximum Gasteiger partial charge on any atom is 0.433 e. The molecule has 0 aliphatic heterocycles. The lowest BCUT2D eigenvalue weighted by Gasteiger charge is -2.26. The average Bonchev–Trinajstić information content (AvgIpc) is 3.27. The van der Waals surface area contributed by atoms with Crippen molar-refractivity contribution in [3.05, 3.63) is 63.0 Å². The second-order valence-corrected chi connectivity index (χ2v) is 11.3. The van der Waals surface area contributed by atoms with Crippen LogP contribution in [0.25, 0.3) is 0 Å². The minimum absolute atomic E-state index is 0.129. The summed E-state index contributed by atoms with van der Waals surface area (Å²) in [6.07, 6.45) is 11.9. The van der Waals surface area contributed by atoms with E-state index in [1.807, 2.05) is 13.0 Å². The van der Waals surface area contributed by atoms with Crippen LogP contribution < -0.4 is 0 Å². The monoisotopic (exact) mass is 530 g/mol. The molecule has 0 aliphatic carbocycles. The van der Waals surface area contributed by atoms with Gasteiger partial charge in [-0.1, -0.05) is 34.9 Å². The lowest BCUT2D eigenvalue weighted by Crippen LogP contribution is -2.20. The first-order valence-corrected chi connectivity index (χ1v) is 13.9. The summed E-state index contributed by atoms with van der Waals surface area (Å²) in [6, 6.07) is 2.66. The van der Waals surface area contributed by atoms with E-state index < -0.39 is 18.6 Å². The number of halogens is 1. The van der Waals surface area contributed by atoms with Crippen molar-refractivity contribution in [1.29, 1.82) is 0 Å². The van der Waals surface area contributed by atoms with Gasteiger partial charge in [-0.3, -0.25) is 19.2 Å². The molecule has 1 aromatic heterocycles. The summed E-state index contributed by atoms with van der Waals surface area (Å²) in [5.74, 6) is 0.323. The third-order valence-electron chi connectivity index (χ3n) is 5.27. The second-order valence-electron chi connectivity index (χ2n) is 8.77. The fourth-order valence-electron chi connectivity index (χ4n) is 3.09. The Hall–Kier alpha value is -1.70. The highest BCUT2D eigenvalue weighted by molar-refractivity contribution is 7.51. The van der Waals surface area contributed by atoms with Crippen LogP contribution in [0.5, 0.6) is 0 Å². The Bertz CT molecular complexity index is 921. The molecule has 0 bridgehead atoms. The van der Waals surface area contributed by atoms with E-state index in [9.17, 15) is 14.7 Å². The number of unbranched alkanes of at least 4 members (excludes halogenated alkanes) is 1. The van der Waals surface area contributed by atoms with E-state index in [4.69, 9.17) is 25.1 Å². The third kappa shape index (κ3) is 13.3. The van der Waals surface area contributed by atoms with Gasteiger partial charge in [-0.2, -0.15) is 0 Å². The zero-order chi connectivity index (χ0) is 26.3. The van der Waals surface area contributed by atoms with Gasteiger partial charge in [0.2, 0.25) is 0 Å². The van der Waals surface area contributed by atoms with Gasteiger partial charge in [0.1, 0.15) is 17.3 Å². The second kappa shape index (κ2) is 16.9. The lowest BCUT2D eigenvalue weighted by molar-refractivity contribution is -0.402. The Balaban J connectivity index is 2.67. The highest BCUT2D eigenvalue weighted by Crippen LogP contribution is 2.52. The normalized spacial score (nSPS) is 14.3. The van der Waals surface area contributed by atoms with Crippen molar-refractivity contribution in [2.24, 2.45) is 0 Å². The van der Waals surface area contributed by atoms with E-state index in [0.717, 1.165) is 44.1 Å². The van der Waals surface area contributed by atoms with Gasteiger partial charge in [0.05, 0.1) is 12.7 Å². The molecular weight excluding hydrogens is 491 g/mol. The molecule has 1 aromatic rings. The Morgan fingerprint density at radius 2 is 1.74 bits per heavy atom. The van der Waals surface area contributed by atoms with Crippen molar-refractivity contribution in [1.82, 2.24) is 4.67 Å². The fraction of sp³-hybridized carbons (Fsp3) is 0.600. The summed E-state index contributed by atoms with van der Waals surface area (Å²) in [5, 5.41) is 10.8. The Labute approximate surface area is 214 Å². The Kier molecular flexibility index (Phi) is 15.1. The zero-order valence-electron chi connectivity index (χ0n) is 21.6. The van der Waals surface area contributed by atoms with Crippen molar-refractivity contribution >= 4 is 25.2 Å². The van der Waals surface area contributed by atoms with Gasteiger partial charge in [0.25, 0.3) is 0 Å². The number of hydrogen-bond acceptors (Lipinski definition) is 6. The van der Waals surface area contributed by atoms with Gasteiger partial charge in [0.15, 0.2) is 0 Å². The molecule has 8 nitrogen and oxygen atoms in total. The van der Waals surface area contributed by atoms with E-state index >= 15 is 0 Å². The van der Waals surface area contributed by atoms with Gasteiger partial charge >= 0.3 is 13.6 Å². The summed E-state index contributed by atoms with van der Waals surface area (Å²) in [5.41, 5.74) is 3.85. The topological polar surface area (TPSA) is 95.0 Å². The van der Waals surface area contributed by atoms with E-state index in [1.165, 1.54) is 23.3 Å². The molecule has 0 aliphatic rings. The summed E-state index contributed by atoms with van der Waals surface area (Å²) < 4.78 is 31.5. The zero-order valence-corrected chi connectivity index (χ0v) is 23.3. The molecule has 1 rings (SSSR count). The van der Waals surface area contributed by atoms with Crippen LogP contribution in [-0.2, 0) is 20.2 Å². The highest BCUT2D eigenvalue weighted by Gasteiger charge is 2.31. The predicted octanol–water partition coefficient (Wildman–Crippen LogP) is 8.20. The molecule has 35 heavy (non-hydrogen) atoms. The first-order valence-electron chi connectivity index (χ1n) is 11.9. The largest absolute Gasteiger partial charge is 0.433 e. The van der Waals surface area contributed by atoms with Crippen LogP contribution in [0.1, 0.15) is 72.0 Å². The summed E-state index contributed by atoms with van der Waals surface area (Å²) in [4.78, 5) is 10.2. The van der Waals surface area contributed by atoms with E-state index in [1.54, 1.807) is 11.7 Å². The number of allylic oxidation sites excluding steroid dienone is 5.